The second kappa shape index (κ2) is 9.28. The quantitative estimate of drug-likeness (QED) is 0.440. The molecule has 0 fully saturated rings. The molecule has 0 spiro atoms. The number of pyridine rings is 1. The van der Waals surface area contributed by atoms with E-state index < -0.39 is 0 Å². The molecule has 1 aromatic carbocycles. The number of aryl methyl sites for hydroxylation is 2. The third kappa shape index (κ3) is 4.64. The fourth-order valence-corrected chi connectivity index (χ4v) is 3.93. The number of fused-ring (bicyclic) bond motifs is 1. The molecule has 0 saturated carbocycles. The van der Waals surface area contributed by atoms with Crippen LogP contribution in [0.15, 0.2) is 48.7 Å². The number of amides is 1. The number of imidazole rings is 1. The molecule has 170 valence electrons. The lowest BCUT2D eigenvalue weighted by molar-refractivity contribution is -0.140. The van der Waals surface area contributed by atoms with Crippen molar-refractivity contribution >= 4 is 17.5 Å². The van der Waals surface area contributed by atoms with Crippen molar-refractivity contribution in [3.05, 3.63) is 82.6 Å². The van der Waals surface area contributed by atoms with E-state index in [0.717, 1.165) is 39.7 Å². The van der Waals surface area contributed by atoms with Crippen LogP contribution >= 0.6 is 0 Å². The maximum atomic E-state index is 12.6. The normalized spacial score (nSPS) is 11.0. The van der Waals surface area contributed by atoms with Crippen LogP contribution in [0.4, 0.5) is 0 Å². The minimum absolute atomic E-state index is 0.164. The van der Waals surface area contributed by atoms with Crippen molar-refractivity contribution in [2.45, 2.75) is 40.2 Å². The van der Waals surface area contributed by atoms with Crippen LogP contribution in [0, 0.1) is 20.8 Å². The molecule has 1 N–H and O–H groups in total. The number of rotatable bonds is 7. The Morgan fingerprint density at radius 1 is 1.06 bits per heavy atom. The summed E-state index contributed by atoms with van der Waals surface area (Å²) in [6.07, 6.45) is 2.83. The van der Waals surface area contributed by atoms with Gasteiger partial charge in [-0.1, -0.05) is 6.07 Å². The summed E-state index contributed by atoms with van der Waals surface area (Å²) in [6, 6.07) is 13.2. The zero-order chi connectivity index (χ0) is 23.5. The molecule has 0 aliphatic rings. The van der Waals surface area contributed by atoms with E-state index in [2.05, 4.69) is 15.4 Å². The highest BCUT2D eigenvalue weighted by Crippen LogP contribution is 2.20. The smallest absolute Gasteiger partial charge is 0.305 e. The van der Waals surface area contributed by atoms with Crippen LogP contribution in [0.1, 0.15) is 45.1 Å². The van der Waals surface area contributed by atoms with Crippen LogP contribution in [0.3, 0.4) is 0 Å². The van der Waals surface area contributed by atoms with Crippen LogP contribution in [0.5, 0.6) is 0 Å². The molecule has 0 radical (unpaired) electrons. The number of methoxy groups -OCH3 is 1. The lowest BCUT2D eigenvalue weighted by Crippen LogP contribution is -2.22. The summed E-state index contributed by atoms with van der Waals surface area (Å²) >= 11 is 0. The van der Waals surface area contributed by atoms with Crippen LogP contribution in [-0.4, -0.2) is 38.2 Å². The molecule has 0 atom stereocenters. The molecule has 4 aromatic rings. The number of aromatic nitrogens is 4. The number of carbonyl (C=O) groups excluding carboxylic acids is 2. The summed E-state index contributed by atoms with van der Waals surface area (Å²) in [5, 5.41) is 7.55. The summed E-state index contributed by atoms with van der Waals surface area (Å²) in [4.78, 5) is 28.7. The first-order valence-corrected chi connectivity index (χ1v) is 10.8. The summed E-state index contributed by atoms with van der Waals surface area (Å²) in [7, 11) is 1.39. The molecule has 0 unspecified atom stereocenters. The van der Waals surface area contributed by atoms with Crippen LogP contribution in [0.25, 0.3) is 11.3 Å². The molecule has 0 bridgehead atoms. The van der Waals surface area contributed by atoms with Crippen LogP contribution in [0.2, 0.25) is 0 Å². The van der Waals surface area contributed by atoms with Gasteiger partial charge in [-0.15, -0.1) is 0 Å². The topological polar surface area (TPSA) is 90.5 Å². The van der Waals surface area contributed by atoms with Crippen molar-refractivity contribution in [1.82, 2.24) is 24.5 Å². The van der Waals surface area contributed by atoms with Gasteiger partial charge in [0.15, 0.2) is 0 Å². The lowest BCUT2D eigenvalue weighted by Gasteiger charge is -2.08. The summed E-state index contributed by atoms with van der Waals surface area (Å²) in [5.41, 5.74) is 7.04. The van der Waals surface area contributed by atoms with E-state index in [0.29, 0.717) is 24.9 Å². The first-order valence-electron chi connectivity index (χ1n) is 10.8. The molecule has 4 rings (SSSR count). The van der Waals surface area contributed by atoms with Gasteiger partial charge in [0, 0.05) is 29.6 Å². The fourth-order valence-electron chi connectivity index (χ4n) is 3.93. The molecule has 8 heteroatoms. The molecule has 3 heterocycles. The predicted octanol–water partition coefficient (Wildman–Crippen LogP) is 3.48. The molecule has 8 nitrogen and oxygen atoms in total. The number of benzene rings is 1. The first-order chi connectivity index (χ1) is 15.9. The van der Waals surface area contributed by atoms with Crippen molar-refractivity contribution in [3.63, 3.8) is 0 Å². The van der Waals surface area contributed by atoms with Gasteiger partial charge in [-0.25, -0.2) is 9.67 Å². The fraction of sp³-hybridized carbons (Fsp3) is 0.280. The third-order valence-electron chi connectivity index (χ3n) is 5.80. The SMILES string of the molecule is COC(=O)CCc1c(C)nn(-c2ccc(C(=O)NCc3cn4c(C)cccc4n3)cc2)c1C. The Morgan fingerprint density at radius 2 is 1.82 bits per heavy atom. The van der Waals surface area contributed by atoms with Gasteiger partial charge in [0.1, 0.15) is 5.65 Å². The van der Waals surface area contributed by atoms with E-state index in [-0.39, 0.29) is 11.9 Å². The first kappa shape index (κ1) is 22.3. The van der Waals surface area contributed by atoms with Gasteiger partial charge in [0.2, 0.25) is 0 Å². The summed E-state index contributed by atoms with van der Waals surface area (Å²) in [6.45, 7) is 6.27. The second-order valence-corrected chi connectivity index (χ2v) is 7.99. The number of esters is 1. The average Bonchev–Trinajstić information content (AvgIpc) is 3.37. The van der Waals surface area contributed by atoms with E-state index in [4.69, 9.17) is 4.74 Å². The zero-order valence-electron chi connectivity index (χ0n) is 19.3. The largest absolute Gasteiger partial charge is 0.469 e. The van der Waals surface area contributed by atoms with Crippen molar-refractivity contribution in [2.75, 3.05) is 7.11 Å². The molecular formula is C25H27N5O3. The monoisotopic (exact) mass is 445 g/mol. The van der Waals surface area contributed by atoms with Gasteiger partial charge in [-0.3, -0.25) is 9.59 Å². The van der Waals surface area contributed by atoms with Crippen molar-refractivity contribution in [2.24, 2.45) is 0 Å². The standard InChI is InChI=1S/C25H27N5O3/c1-16-6-5-7-23-27-20(15-29(16)23)14-26-25(32)19-8-10-21(11-9-19)30-18(3)22(17(2)28-30)12-13-24(31)33-4/h5-11,15H,12-14H2,1-4H3,(H,26,32). The van der Waals surface area contributed by atoms with E-state index >= 15 is 0 Å². The minimum atomic E-state index is -0.240. The van der Waals surface area contributed by atoms with Gasteiger partial charge in [-0.2, -0.15) is 5.10 Å². The lowest BCUT2D eigenvalue weighted by atomic mass is 10.1. The molecule has 0 aliphatic heterocycles. The molecule has 0 saturated heterocycles. The summed E-state index contributed by atoms with van der Waals surface area (Å²) < 4.78 is 8.58. The second-order valence-electron chi connectivity index (χ2n) is 7.99. The maximum Gasteiger partial charge on any atom is 0.305 e. The number of hydrogen-bond acceptors (Lipinski definition) is 5. The molecule has 3 aromatic heterocycles. The van der Waals surface area contributed by atoms with Crippen LogP contribution < -0.4 is 5.32 Å². The van der Waals surface area contributed by atoms with Crippen molar-refractivity contribution in [3.8, 4) is 5.69 Å². The van der Waals surface area contributed by atoms with Crippen molar-refractivity contribution < 1.29 is 14.3 Å². The summed E-state index contributed by atoms with van der Waals surface area (Å²) in [5.74, 6) is -0.404. The molecule has 1 amide bonds. The highest BCUT2D eigenvalue weighted by atomic mass is 16.5. The highest BCUT2D eigenvalue weighted by molar-refractivity contribution is 5.94. The number of nitrogens with one attached hydrogen (secondary N) is 1. The molecule has 33 heavy (non-hydrogen) atoms. The van der Waals surface area contributed by atoms with E-state index in [1.165, 1.54) is 7.11 Å². The Labute approximate surface area is 192 Å². The predicted molar refractivity (Wildman–Crippen MR) is 124 cm³/mol. The Balaban J connectivity index is 1.44. The number of nitrogens with zero attached hydrogens (tertiary/aromatic N) is 4. The number of carbonyl (C=O) groups is 2. The third-order valence-corrected chi connectivity index (χ3v) is 5.80. The van der Waals surface area contributed by atoms with Gasteiger partial charge in [0.05, 0.1) is 30.7 Å². The van der Waals surface area contributed by atoms with E-state index in [1.54, 1.807) is 12.1 Å². The minimum Gasteiger partial charge on any atom is -0.469 e. The van der Waals surface area contributed by atoms with Gasteiger partial charge >= 0.3 is 5.97 Å². The van der Waals surface area contributed by atoms with E-state index in [1.807, 2.05) is 66.4 Å². The van der Waals surface area contributed by atoms with Crippen LogP contribution in [-0.2, 0) is 22.5 Å². The van der Waals surface area contributed by atoms with Gasteiger partial charge in [-0.05, 0) is 69.2 Å². The Kier molecular flexibility index (Phi) is 6.26. The average molecular weight is 446 g/mol. The molecular weight excluding hydrogens is 418 g/mol. The number of hydrogen-bond donors (Lipinski definition) is 1. The van der Waals surface area contributed by atoms with Gasteiger partial charge in [0.25, 0.3) is 5.91 Å². The highest BCUT2D eigenvalue weighted by Gasteiger charge is 2.15. The number of ether oxygens (including phenoxy) is 1. The Bertz CT molecular complexity index is 1320. The van der Waals surface area contributed by atoms with Gasteiger partial charge < -0.3 is 14.5 Å². The Hall–Kier alpha value is -3.94. The van der Waals surface area contributed by atoms with Crippen molar-refractivity contribution in [1.29, 1.82) is 0 Å². The molecule has 0 aliphatic carbocycles. The van der Waals surface area contributed by atoms with E-state index in [9.17, 15) is 9.59 Å². The maximum absolute atomic E-state index is 12.6. The Morgan fingerprint density at radius 3 is 2.52 bits per heavy atom. The zero-order valence-corrected chi connectivity index (χ0v) is 19.3.